The Balaban J connectivity index is 1.87. The predicted molar refractivity (Wildman–Crippen MR) is 83.9 cm³/mol. The lowest BCUT2D eigenvalue weighted by Gasteiger charge is -2.01. The minimum absolute atomic E-state index is 0.742. The Morgan fingerprint density at radius 2 is 2.25 bits per heavy atom. The van der Waals surface area contributed by atoms with Gasteiger partial charge < -0.3 is 5.32 Å². The van der Waals surface area contributed by atoms with Crippen molar-refractivity contribution in [3.8, 4) is 10.7 Å². The highest BCUT2D eigenvalue weighted by atomic mass is 32.1. The van der Waals surface area contributed by atoms with Crippen LogP contribution in [0.25, 0.3) is 10.7 Å². The number of thiazole rings is 1. The van der Waals surface area contributed by atoms with Crippen molar-refractivity contribution in [3.05, 3.63) is 34.5 Å². The van der Waals surface area contributed by atoms with Crippen LogP contribution in [0.1, 0.15) is 42.3 Å². The van der Waals surface area contributed by atoms with Crippen molar-refractivity contribution in [2.75, 3.05) is 0 Å². The topological polar surface area (TPSA) is 37.8 Å². The summed E-state index contributed by atoms with van der Waals surface area (Å²) in [5, 5.41) is 4.67. The molecule has 2 heterocycles. The van der Waals surface area contributed by atoms with Crippen LogP contribution in [0, 0.1) is 6.92 Å². The first kappa shape index (κ1) is 13.7. The van der Waals surface area contributed by atoms with Crippen molar-refractivity contribution < 1.29 is 0 Å². The monoisotopic (exact) mass is 287 g/mol. The summed E-state index contributed by atoms with van der Waals surface area (Å²) in [6.45, 7) is 5.28. The first-order chi connectivity index (χ1) is 9.78. The van der Waals surface area contributed by atoms with Gasteiger partial charge in [-0.15, -0.1) is 11.3 Å². The van der Waals surface area contributed by atoms with Crippen molar-refractivity contribution in [3.63, 3.8) is 0 Å². The highest BCUT2D eigenvalue weighted by Crippen LogP contribution is 2.30. The van der Waals surface area contributed by atoms with Crippen LogP contribution in [0.15, 0.2) is 18.3 Å². The fourth-order valence-electron chi connectivity index (χ4n) is 2.29. The first-order valence-corrected chi connectivity index (χ1v) is 8.23. The number of rotatable bonds is 6. The lowest BCUT2D eigenvalue weighted by Crippen LogP contribution is -2.15. The molecular weight excluding hydrogens is 266 g/mol. The molecule has 0 spiro atoms. The molecule has 1 aliphatic carbocycles. The number of hydrogen-bond donors (Lipinski definition) is 1. The molecule has 0 aromatic carbocycles. The van der Waals surface area contributed by atoms with E-state index in [2.05, 4.69) is 30.2 Å². The molecule has 20 heavy (non-hydrogen) atoms. The number of nitrogens with one attached hydrogen (secondary N) is 1. The van der Waals surface area contributed by atoms with E-state index >= 15 is 0 Å². The van der Waals surface area contributed by atoms with Crippen molar-refractivity contribution in [1.29, 1.82) is 0 Å². The van der Waals surface area contributed by atoms with E-state index in [0.717, 1.165) is 36.1 Å². The third-order valence-electron chi connectivity index (χ3n) is 3.61. The van der Waals surface area contributed by atoms with Gasteiger partial charge in [0.25, 0.3) is 0 Å². The molecule has 1 aliphatic rings. The molecule has 1 saturated carbocycles. The second-order valence-corrected chi connectivity index (χ2v) is 6.55. The molecule has 2 aromatic rings. The summed E-state index contributed by atoms with van der Waals surface area (Å²) in [5.41, 5.74) is 3.49. The fraction of sp³-hybridized carbons (Fsp3) is 0.500. The molecule has 0 bridgehead atoms. The maximum Gasteiger partial charge on any atom is 0.142 e. The zero-order valence-corrected chi connectivity index (χ0v) is 13.0. The van der Waals surface area contributed by atoms with Crippen molar-refractivity contribution in [1.82, 2.24) is 15.3 Å². The van der Waals surface area contributed by atoms with Crippen molar-refractivity contribution in [2.24, 2.45) is 0 Å². The molecular formula is C16H21N3S. The Morgan fingerprint density at radius 1 is 1.40 bits per heavy atom. The minimum Gasteiger partial charge on any atom is -0.309 e. The van der Waals surface area contributed by atoms with Gasteiger partial charge in [-0.05, 0) is 37.8 Å². The standard InChI is InChI=1S/C16H21N3S/c1-3-5-13-14(10-18-12-7-8-12)20-16(19-13)15-11(2)6-4-9-17-15/h4,6,9,12,18H,3,5,7-8,10H2,1-2H3. The molecule has 0 amide bonds. The zero-order valence-electron chi connectivity index (χ0n) is 12.1. The average molecular weight is 287 g/mol. The quantitative estimate of drug-likeness (QED) is 0.880. The summed E-state index contributed by atoms with van der Waals surface area (Å²) < 4.78 is 0. The Morgan fingerprint density at radius 3 is 2.95 bits per heavy atom. The van der Waals surface area contributed by atoms with Crippen LogP contribution >= 0.6 is 11.3 Å². The second-order valence-electron chi connectivity index (χ2n) is 5.46. The molecule has 0 saturated heterocycles. The van der Waals surface area contributed by atoms with E-state index in [0.29, 0.717) is 0 Å². The van der Waals surface area contributed by atoms with E-state index in [-0.39, 0.29) is 0 Å². The first-order valence-electron chi connectivity index (χ1n) is 7.42. The Kier molecular flexibility index (Phi) is 4.13. The van der Waals surface area contributed by atoms with E-state index in [9.17, 15) is 0 Å². The van der Waals surface area contributed by atoms with E-state index in [1.807, 2.05) is 12.3 Å². The van der Waals surface area contributed by atoms with Crippen LogP contribution in [-0.4, -0.2) is 16.0 Å². The van der Waals surface area contributed by atoms with Gasteiger partial charge in [0, 0.05) is 23.7 Å². The van der Waals surface area contributed by atoms with Crippen molar-refractivity contribution >= 4 is 11.3 Å². The fourth-order valence-corrected chi connectivity index (χ4v) is 3.41. The average Bonchev–Trinajstić information content (AvgIpc) is 3.19. The zero-order chi connectivity index (χ0) is 13.9. The highest BCUT2D eigenvalue weighted by molar-refractivity contribution is 7.15. The number of pyridine rings is 1. The van der Waals surface area contributed by atoms with E-state index in [4.69, 9.17) is 4.98 Å². The molecule has 1 N–H and O–H groups in total. The molecule has 4 heteroatoms. The summed E-state index contributed by atoms with van der Waals surface area (Å²) in [7, 11) is 0. The lowest BCUT2D eigenvalue weighted by molar-refractivity contribution is 0.686. The third kappa shape index (κ3) is 3.07. The molecule has 0 radical (unpaired) electrons. The summed E-state index contributed by atoms with van der Waals surface area (Å²) >= 11 is 1.80. The summed E-state index contributed by atoms with van der Waals surface area (Å²) in [5.74, 6) is 0. The highest BCUT2D eigenvalue weighted by Gasteiger charge is 2.22. The van der Waals surface area contributed by atoms with E-state index in [1.54, 1.807) is 11.3 Å². The second kappa shape index (κ2) is 6.02. The number of nitrogens with zero attached hydrogens (tertiary/aromatic N) is 2. The Hall–Kier alpha value is -1.26. The molecule has 3 nitrogen and oxygen atoms in total. The van der Waals surface area contributed by atoms with Crippen LogP contribution in [0.5, 0.6) is 0 Å². The van der Waals surface area contributed by atoms with Crippen LogP contribution in [-0.2, 0) is 13.0 Å². The van der Waals surface area contributed by atoms with E-state index < -0.39 is 0 Å². The van der Waals surface area contributed by atoms with Crippen LogP contribution in [0.2, 0.25) is 0 Å². The van der Waals surface area contributed by atoms with Gasteiger partial charge in [0.2, 0.25) is 0 Å². The van der Waals surface area contributed by atoms with Gasteiger partial charge in [0.05, 0.1) is 5.69 Å². The molecule has 3 rings (SSSR count). The van der Waals surface area contributed by atoms with E-state index in [1.165, 1.54) is 29.0 Å². The number of aromatic nitrogens is 2. The molecule has 0 atom stereocenters. The molecule has 0 aliphatic heterocycles. The number of hydrogen-bond acceptors (Lipinski definition) is 4. The van der Waals surface area contributed by atoms with Gasteiger partial charge in [-0.2, -0.15) is 0 Å². The summed E-state index contributed by atoms with van der Waals surface area (Å²) in [6.07, 6.45) is 6.71. The molecule has 1 fully saturated rings. The molecule has 106 valence electrons. The Bertz CT molecular complexity index is 587. The largest absolute Gasteiger partial charge is 0.309 e. The van der Waals surface area contributed by atoms with Crippen molar-refractivity contribution in [2.45, 2.75) is 52.1 Å². The SMILES string of the molecule is CCCc1nc(-c2ncccc2C)sc1CNC1CC1. The molecule has 2 aromatic heterocycles. The van der Waals surface area contributed by atoms with Gasteiger partial charge in [-0.25, -0.2) is 4.98 Å². The Labute approximate surface area is 124 Å². The van der Waals surface area contributed by atoms with Gasteiger partial charge in [-0.1, -0.05) is 19.4 Å². The van der Waals surface area contributed by atoms with Crippen LogP contribution in [0.3, 0.4) is 0 Å². The van der Waals surface area contributed by atoms with Gasteiger partial charge in [0.1, 0.15) is 10.7 Å². The normalized spacial score (nSPS) is 14.7. The summed E-state index contributed by atoms with van der Waals surface area (Å²) in [6, 6.07) is 4.83. The van der Waals surface area contributed by atoms with Gasteiger partial charge in [0.15, 0.2) is 0 Å². The van der Waals surface area contributed by atoms with Gasteiger partial charge >= 0.3 is 0 Å². The third-order valence-corrected chi connectivity index (χ3v) is 4.71. The maximum absolute atomic E-state index is 4.85. The summed E-state index contributed by atoms with van der Waals surface area (Å²) in [4.78, 5) is 10.7. The smallest absolute Gasteiger partial charge is 0.142 e. The minimum atomic E-state index is 0.742. The lowest BCUT2D eigenvalue weighted by atomic mass is 10.2. The van der Waals surface area contributed by atoms with Crippen LogP contribution in [0.4, 0.5) is 0 Å². The molecule has 0 unspecified atom stereocenters. The van der Waals surface area contributed by atoms with Gasteiger partial charge in [-0.3, -0.25) is 4.98 Å². The maximum atomic E-state index is 4.85. The van der Waals surface area contributed by atoms with Crippen LogP contribution < -0.4 is 5.32 Å². The number of aryl methyl sites for hydroxylation is 2. The predicted octanol–water partition coefficient (Wildman–Crippen LogP) is 3.72.